The molecule has 0 aliphatic heterocycles. The third-order valence-corrected chi connectivity index (χ3v) is 5.17. The maximum Gasteiger partial charge on any atom is 0.258 e. The van der Waals surface area contributed by atoms with Crippen LogP contribution in [-0.2, 0) is 4.79 Å². The highest BCUT2D eigenvalue weighted by Gasteiger charge is 2.30. The lowest BCUT2D eigenvalue weighted by atomic mass is 10.1. The van der Waals surface area contributed by atoms with Crippen LogP contribution in [0.1, 0.15) is 23.2 Å². The first-order chi connectivity index (χ1) is 16.0. The Kier molecular flexibility index (Phi) is 6.50. The highest BCUT2D eigenvalue weighted by Crippen LogP contribution is 2.37. The van der Waals surface area contributed by atoms with Crippen molar-refractivity contribution in [3.05, 3.63) is 66.2 Å². The van der Waals surface area contributed by atoms with Crippen LogP contribution in [0.25, 0.3) is 11.3 Å². The van der Waals surface area contributed by atoms with Crippen molar-refractivity contribution in [3.63, 3.8) is 0 Å². The normalized spacial score (nSPS) is 12.5. The second kappa shape index (κ2) is 9.66. The molecule has 4 rings (SSSR count). The number of aromatic nitrogens is 3. The van der Waals surface area contributed by atoms with Crippen molar-refractivity contribution in [2.24, 2.45) is 5.92 Å². The van der Waals surface area contributed by atoms with Gasteiger partial charge in [0.2, 0.25) is 5.91 Å². The number of carbonyl (C=O) groups excluding carboxylic acids is 2. The molecule has 0 unspecified atom stereocenters. The van der Waals surface area contributed by atoms with Crippen molar-refractivity contribution in [3.8, 4) is 17.0 Å². The Balaban J connectivity index is 1.72. The van der Waals surface area contributed by atoms with Gasteiger partial charge in [-0.15, -0.1) is 0 Å². The number of hydrogen-bond acceptors (Lipinski definition) is 7. The summed E-state index contributed by atoms with van der Waals surface area (Å²) in [6.07, 6.45) is 7.52. The van der Waals surface area contributed by atoms with E-state index in [2.05, 4.69) is 37.5 Å². The van der Waals surface area contributed by atoms with E-state index in [-0.39, 0.29) is 17.4 Å². The van der Waals surface area contributed by atoms with Gasteiger partial charge < -0.3 is 20.7 Å². The van der Waals surface area contributed by atoms with Crippen molar-refractivity contribution in [1.82, 2.24) is 20.3 Å². The van der Waals surface area contributed by atoms with Gasteiger partial charge in [-0.2, -0.15) is 0 Å². The van der Waals surface area contributed by atoms with Crippen LogP contribution in [0.2, 0.25) is 5.02 Å². The quantitative estimate of drug-likeness (QED) is 0.458. The highest BCUT2D eigenvalue weighted by molar-refractivity contribution is 6.30. The van der Waals surface area contributed by atoms with Gasteiger partial charge in [-0.1, -0.05) is 18.2 Å². The summed E-state index contributed by atoms with van der Waals surface area (Å²) >= 11 is 5.96. The zero-order valence-electron chi connectivity index (χ0n) is 17.8. The molecule has 1 saturated carbocycles. The van der Waals surface area contributed by atoms with Crippen molar-refractivity contribution < 1.29 is 14.3 Å². The smallest absolute Gasteiger partial charge is 0.258 e. The largest absolute Gasteiger partial charge is 0.492 e. The minimum absolute atomic E-state index is 0.0114. The lowest BCUT2D eigenvalue weighted by Crippen LogP contribution is -2.20. The molecule has 0 atom stereocenters. The summed E-state index contributed by atoms with van der Waals surface area (Å²) in [5.41, 5.74) is 1.93. The number of hydrogen-bond donors (Lipinski definition) is 3. The van der Waals surface area contributed by atoms with Crippen molar-refractivity contribution in [2.45, 2.75) is 12.8 Å². The molecule has 3 N–H and O–H groups in total. The standard InChI is InChI=1S/C23H21ClN6O3/c1-3-25-23(32)16-12-28-19(30-22(31)13-4-5-13)10-18(16)29-21-20(33-2)15(8-9-26-21)17-7-6-14(24)11-27-17/h3,6-13H,1,4-5H2,2H3,(H,25,32)(H2,26,28,29,30,31). The molecule has 2 amide bonds. The molecule has 33 heavy (non-hydrogen) atoms. The second-order valence-corrected chi connectivity index (χ2v) is 7.72. The number of methoxy groups -OCH3 is 1. The monoisotopic (exact) mass is 464 g/mol. The first-order valence-corrected chi connectivity index (χ1v) is 10.5. The molecule has 0 spiro atoms. The molecular formula is C23H21ClN6O3. The van der Waals surface area contributed by atoms with Gasteiger partial charge in [0.1, 0.15) is 5.82 Å². The van der Waals surface area contributed by atoms with Crippen LogP contribution in [0.4, 0.5) is 17.3 Å². The molecule has 1 aliphatic rings. The van der Waals surface area contributed by atoms with Crippen LogP contribution in [-0.4, -0.2) is 33.9 Å². The van der Waals surface area contributed by atoms with Gasteiger partial charge >= 0.3 is 0 Å². The fraction of sp³-hybridized carbons (Fsp3) is 0.174. The number of ether oxygens (including phenoxy) is 1. The van der Waals surface area contributed by atoms with Gasteiger partial charge in [0.15, 0.2) is 11.6 Å². The average Bonchev–Trinajstić information content (AvgIpc) is 3.65. The van der Waals surface area contributed by atoms with Crippen molar-refractivity contribution >= 4 is 40.7 Å². The van der Waals surface area contributed by atoms with Crippen LogP contribution in [0.15, 0.2) is 55.6 Å². The van der Waals surface area contributed by atoms with Gasteiger partial charge in [0, 0.05) is 36.1 Å². The Morgan fingerprint density at radius 2 is 2.00 bits per heavy atom. The summed E-state index contributed by atoms with van der Waals surface area (Å²) in [5, 5.41) is 8.96. The molecule has 0 saturated heterocycles. The molecule has 1 aliphatic carbocycles. The number of carbonyl (C=O) groups is 2. The number of anilines is 3. The molecule has 0 radical (unpaired) electrons. The summed E-state index contributed by atoms with van der Waals surface area (Å²) in [5.74, 6) is 0.585. The molecule has 10 heteroatoms. The van der Waals surface area contributed by atoms with Gasteiger partial charge in [-0.3, -0.25) is 14.6 Å². The highest BCUT2D eigenvalue weighted by atomic mass is 35.5. The summed E-state index contributed by atoms with van der Waals surface area (Å²) in [6.45, 7) is 3.52. The summed E-state index contributed by atoms with van der Waals surface area (Å²) in [6, 6.07) is 6.84. The Bertz CT molecular complexity index is 1210. The minimum Gasteiger partial charge on any atom is -0.492 e. The molecule has 0 bridgehead atoms. The van der Waals surface area contributed by atoms with E-state index in [0.717, 1.165) is 12.8 Å². The van der Waals surface area contributed by atoms with Gasteiger partial charge in [-0.25, -0.2) is 9.97 Å². The van der Waals surface area contributed by atoms with E-state index < -0.39 is 5.91 Å². The summed E-state index contributed by atoms with van der Waals surface area (Å²) < 4.78 is 5.62. The fourth-order valence-electron chi connectivity index (χ4n) is 3.16. The fourth-order valence-corrected chi connectivity index (χ4v) is 3.27. The van der Waals surface area contributed by atoms with E-state index in [0.29, 0.717) is 39.4 Å². The first-order valence-electron chi connectivity index (χ1n) is 10.1. The Morgan fingerprint density at radius 3 is 2.67 bits per heavy atom. The number of nitrogens with one attached hydrogen (secondary N) is 3. The van der Waals surface area contributed by atoms with Crippen LogP contribution >= 0.6 is 11.6 Å². The van der Waals surface area contributed by atoms with Crippen molar-refractivity contribution in [2.75, 3.05) is 17.7 Å². The van der Waals surface area contributed by atoms with Crippen LogP contribution in [0.3, 0.4) is 0 Å². The van der Waals surface area contributed by atoms with E-state index in [1.807, 2.05) is 0 Å². The molecule has 168 valence electrons. The summed E-state index contributed by atoms with van der Waals surface area (Å²) in [4.78, 5) is 37.7. The Hall–Kier alpha value is -3.98. The number of nitrogens with zero attached hydrogens (tertiary/aromatic N) is 3. The molecule has 3 heterocycles. The lowest BCUT2D eigenvalue weighted by Gasteiger charge is -2.16. The first kappa shape index (κ1) is 22.2. The average molecular weight is 465 g/mol. The van der Waals surface area contributed by atoms with E-state index in [1.165, 1.54) is 19.5 Å². The zero-order chi connectivity index (χ0) is 23.4. The summed E-state index contributed by atoms with van der Waals surface area (Å²) in [7, 11) is 1.51. The van der Waals surface area contributed by atoms with Gasteiger partial charge in [0.05, 0.1) is 29.1 Å². The second-order valence-electron chi connectivity index (χ2n) is 7.28. The van der Waals surface area contributed by atoms with E-state index in [1.54, 1.807) is 36.7 Å². The third-order valence-electron chi connectivity index (χ3n) is 4.95. The van der Waals surface area contributed by atoms with Gasteiger partial charge in [-0.05, 0) is 37.2 Å². The molecule has 3 aromatic rings. The van der Waals surface area contributed by atoms with E-state index in [4.69, 9.17) is 16.3 Å². The van der Waals surface area contributed by atoms with E-state index in [9.17, 15) is 9.59 Å². The topological polar surface area (TPSA) is 118 Å². The molecule has 3 aromatic heterocycles. The SMILES string of the molecule is C=CNC(=O)c1cnc(NC(=O)C2CC2)cc1Nc1nccc(-c2ccc(Cl)cn2)c1OC. The van der Waals surface area contributed by atoms with Gasteiger partial charge in [0.25, 0.3) is 5.91 Å². The predicted molar refractivity (Wildman–Crippen MR) is 126 cm³/mol. The number of pyridine rings is 3. The number of halogens is 1. The van der Waals surface area contributed by atoms with E-state index >= 15 is 0 Å². The zero-order valence-corrected chi connectivity index (χ0v) is 18.5. The molecule has 1 fully saturated rings. The molecule has 0 aromatic carbocycles. The van der Waals surface area contributed by atoms with Crippen LogP contribution < -0.4 is 20.7 Å². The minimum atomic E-state index is -0.422. The maximum atomic E-state index is 12.6. The Labute approximate surface area is 195 Å². The maximum absolute atomic E-state index is 12.6. The van der Waals surface area contributed by atoms with Crippen molar-refractivity contribution in [1.29, 1.82) is 0 Å². The van der Waals surface area contributed by atoms with Crippen LogP contribution in [0, 0.1) is 5.92 Å². The predicted octanol–water partition coefficient (Wildman–Crippen LogP) is 4.17. The third kappa shape index (κ3) is 5.09. The van der Waals surface area contributed by atoms with Crippen LogP contribution in [0.5, 0.6) is 5.75 Å². The molecular weight excluding hydrogens is 444 g/mol. The molecule has 9 nitrogen and oxygen atoms in total. The Morgan fingerprint density at radius 1 is 1.18 bits per heavy atom. The lowest BCUT2D eigenvalue weighted by molar-refractivity contribution is -0.117. The number of amides is 2. The number of rotatable bonds is 8.